The van der Waals surface area contributed by atoms with Gasteiger partial charge in [0.2, 0.25) is 5.91 Å². The second-order valence-electron chi connectivity index (χ2n) is 5.88. The Labute approximate surface area is 134 Å². The van der Waals surface area contributed by atoms with Crippen LogP contribution in [0.5, 0.6) is 0 Å². The van der Waals surface area contributed by atoms with Crippen molar-refractivity contribution >= 4 is 23.3 Å². The molecule has 2 aliphatic heterocycles. The maximum absolute atomic E-state index is 12.2. The zero-order valence-corrected chi connectivity index (χ0v) is 13.2. The molecule has 0 spiro atoms. The molecule has 1 amide bonds. The fraction of sp³-hybridized carbons (Fsp3) is 0.333. The molecular formula is C15H18ClN5O. The third-order valence-corrected chi connectivity index (χ3v) is 4.48. The predicted octanol–water partition coefficient (Wildman–Crippen LogP) is 1.25. The van der Waals surface area contributed by atoms with Gasteiger partial charge in [-0.1, -0.05) is 41.9 Å². The summed E-state index contributed by atoms with van der Waals surface area (Å²) in [5.74, 6) is 5.87. The average Bonchev–Trinajstić information content (AvgIpc) is 2.74. The minimum atomic E-state index is -0.700. The number of nitrogens with two attached hydrogens (primary N) is 1. The lowest BCUT2D eigenvalue weighted by atomic mass is 9.84. The molecule has 3 rings (SSSR count). The molecule has 1 atom stereocenters. The normalized spacial score (nSPS) is 23.1. The first-order chi connectivity index (χ1) is 10.4. The number of nitrogens with one attached hydrogen (secondary N) is 2. The van der Waals surface area contributed by atoms with Crippen molar-refractivity contribution < 1.29 is 4.79 Å². The van der Waals surface area contributed by atoms with E-state index in [1.165, 1.54) is 0 Å². The highest BCUT2D eigenvalue weighted by molar-refractivity contribution is 6.24. The van der Waals surface area contributed by atoms with Crippen LogP contribution in [0.3, 0.4) is 0 Å². The van der Waals surface area contributed by atoms with Gasteiger partial charge in [-0.25, -0.2) is 5.84 Å². The van der Waals surface area contributed by atoms with Gasteiger partial charge in [-0.15, -0.1) is 0 Å². The first kappa shape index (κ1) is 14.9. The number of hydrazone groups is 1. The number of hydrogen-bond donors (Lipinski definition) is 3. The van der Waals surface area contributed by atoms with Crippen LogP contribution in [-0.2, 0) is 11.3 Å². The molecule has 6 nitrogen and oxygen atoms in total. The molecule has 0 bridgehead atoms. The molecule has 2 aliphatic rings. The van der Waals surface area contributed by atoms with E-state index in [-0.39, 0.29) is 5.91 Å². The molecule has 1 unspecified atom stereocenters. The van der Waals surface area contributed by atoms with Crippen molar-refractivity contribution in [2.24, 2.45) is 16.4 Å². The summed E-state index contributed by atoms with van der Waals surface area (Å²) in [5.41, 5.74) is 3.79. The Hall–Kier alpha value is -2.05. The van der Waals surface area contributed by atoms with Crippen LogP contribution >= 0.6 is 11.6 Å². The molecule has 0 saturated heterocycles. The van der Waals surface area contributed by atoms with Crippen molar-refractivity contribution in [2.45, 2.75) is 25.9 Å². The number of hydrogen-bond acceptors (Lipinski definition) is 5. The van der Waals surface area contributed by atoms with E-state index in [4.69, 9.17) is 17.4 Å². The van der Waals surface area contributed by atoms with Crippen LogP contribution in [0.15, 0.2) is 46.7 Å². The van der Waals surface area contributed by atoms with Gasteiger partial charge in [-0.2, -0.15) is 5.10 Å². The van der Waals surface area contributed by atoms with Crippen molar-refractivity contribution in [3.63, 3.8) is 0 Å². The first-order valence-electron chi connectivity index (χ1n) is 7.01. The highest BCUT2D eigenvalue weighted by atomic mass is 35.5. The van der Waals surface area contributed by atoms with Crippen LogP contribution in [-0.4, -0.2) is 22.3 Å². The monoisotopic (exact) mass is 319 g/mol. The molecule has 22 heavy (non-hydrogen) atoms. The maximum atomic E-state index is 12.2. The molecular weight excluding hydrogens is 302 g/mol. The van der Waals surface area contributed by atoms with Gasteiger partial charge in [-0.05, 0) is 19.4 Å². The van der Waals surface area contributed by atoms with E-state index >= 15 is 0 Å². The highest BCUT2D eigenvalue weighted by Crippen LogP contribution is 2.42. The predicted molar refractivity (Wildman–Crippen MR) is 85.3 cm³/mol. The van der Waals surface area contributed by atoms with Gasteiger partial charge in [0.15, 0.2) is 5.84 Å². The second-order valence-corrected chi connectivity index (χ2v) is 6.29. The lowest BCUT2D eigenvalue weighted by molar-refractivity contribution is -0.125. The average molecular weight is 320 g/mol. The summed E-state index contributed by atoms with van der Waals surface area (Å²) < 4.78 is 0. The topological polar surface area (TPSA) is 82.8 Å². The van der Waals surface area contributed by atoms with Crippen molar-refractivity contribution in [2.75, 3.05) is 0 Å². The Bertz CT molecular complexity index is 668. The molecule has 1 aromatic carbocycles. The van der Waals surface area contributed by atoms with E-state index in [9.17, 15) is 4.79 Å². The molecule has 1 aromatic rings. The number of halogens is 1. The fourth-order valence-corrected chi connectivity index (χ4v) is 3.24. The Morgan fingerprint density at radius 2 is 2.09 bits per heavy atom. The fourth-order valence-electron chi connectivity index (χ4n) is 2.74. The number of hydrazine groups is 1. The summed E-state index contributed by atoms with van der Waals surface area (Å²) in [6.45, 7) is 4.22. The number of carbonyl (C=O) groups is 1. The summed E-state index contributed by atoms with van der Waals surface area (Å²) in [5, 5.41) is 8.98. The molecule has 7 heteroatoms. The van der Waals surface area contributed by atoms with Gasteiger partial charge in [0.05, 0.1) is 17.7 Å². The van der Waals surface area contributed by atoms with E-state index in [1.54, 1.807) is 5.01 Å². The molecule has 0 saturated carbocycles. The Morgan fingerprint density at radius 1 is 1.41 bits per heavy atom. The van der Waals surface area contributed by atoms with E-state index in [1.807, 2.05) is 44.2 Å². The Morgan fingerprint density at radius 3 is 2.73 bits per heavy atom. The summed E-state index contributed by atoms with van der Waals surface area (Å²) in [4.78, 5) is 12.2. The zero-order valence-electron chi connectivity index (χ0n) is 12.4. The van der Waals surface area contributed by atoms with Crippen molar-refractivity contribution in [3.8, 4) is 0 Å². The van der Waals surface area contributed by atoms with E-state index < -0.39 is 10.9 Å². The van der Waals surface area contributed by atoms with Gasteiger partial charge in [0.1, 0.15) is 5.50 Å². The van der Waals surface area contributed by atoms with Crippen LogP contribution < -0.4 is 16.6 Å². The summed E-state index contributed by atoms with van der Waals surface area (Å²) in [6.07, 6.45) is 0. The summed E-state index contributed by atoms with van der Waals surface area (Å²) >= 11 is 6.61. The highest BCUT2D eigenvalue weighted by Gasteiger charge is 2.48. The third kappa shape index (κ3) is 2.24. The largest absolute Gasteiger partial charge is 0.322 e. The number of amidine groups is 1. The quantitative estimate of drug-likeness (QED) is 0.332. The van der Waals surface area contributed by atoms with Gasteiger partial charge < -0.3 is 10.7 Å². The SMILES string of the molecule is CC1(C)C(=O)NC2=C1C(Cl)N(Cc1ccccc1)N=C2NN. The summed E-state index contributed by atoms with van der Waals surface area (Å²) in [7, 11) is 0. The van der Waals surface area contributed by atoms with Gasteiger partial charge in [0.25, 0.3) is 0 Å². The number of alkyl halides is 1. The molecule has 0 aliphatic carbocycles. The lowest BCUT2D eigenvalue weighted by Gasteiger charge is -2.34. The molecule has 116 valence electrons. The third-order valence-electron chi connectivity index (χ3n) is 4.04. The minimum Gasteiger partial charge on any atom is -0.322 e. The van der Waals surface area contributed by atoms with Gasteiger partial charge in [-0.3, -0.25) is 9.80 Å². The molecule has 4 N–H and O–H groups in total. The number of rotatable bonds is 2. The van der Waals surface area contributed by atoms with Crippen molar-refractivity contribution in [1.82, 2.24) is 15.8 Å². The van der Waals surface area contributed by atoms with Crippen LogP contribution in [0, 0.1) is 5.41 Å². The molecule has 0 aromatic heterocycles. The number of benzene rings is 1. The molecule has 0 fully saturated rings. The standard InChI is InChI=1S/C15H18ClN5O/c1-15(2)10-11(18-14(15)22)13(19-17)20-21(12(10)16)8-9-6-4-3-5-7-9/h3-7,12H,8,17H2,1-2H3,(H,18,22)(H,19,20). The lowest BCUT2D eigenvalue weighted by Crippen LogP contribution is -2.43. The van der Waals surface area contributed by atoms with Crippen LogP contribution in [0.4, 0.5) is 0 Å². The van der Waals surface area contributed by atoms with Crippen LogP contribution in [0.25, 0.3) is 0 Å². The van der Waals surface area contributed by atoms with Gasteiger partial charge >= 0.3 is 0 Å². The smallest absolute Gasteiger partial charge is 0.234 e. The van der Waals surface area contributed by atoms with Crippen LogP contribution in [0.1, 0.15) is 19.4 Å². The first-order valence-corrected chi connectivity index (χ1v) is 7.45. The maximum Gasteiger partial charge on any atom is 0.234 e. The molecule has 0 radical (unpaired) electrons. The van der Waals surface area contributed by atoms with Crippen molar-refractivity contribution in [3.05, 3.63) is 47.2 Å². The number of amides is 1. The van der Waals surface area contributed by atoms with E-state index in [0.717, 1.165) is 11.1 Å². The Kier molecular flexibility index (Phi) is 3.58. The van der Waals surface area contributed by atoms with Crippen LogP contribution in [0.2, 0.25) is 0 Å². The number of carbonyl (C=O) groups excluding carboxylic acids is 1. The van der Waals surface area contributed by atoms with E-state index in [2.05, 4.69) is 15.8 Å². The van der Waals surface area contributed by atoms with Crippen molar-refractivity contribution in [1.29, 1.82) is 0 Å². The summed E-state index contributed by atoms with van der Waals surface area (Å²) in [6, 6.07) is 9.88. The second kappa shape index (κ2) is 5.30. The van der Waals surface area contributed by atoms with Gasteiger partial charge in [0, 0.05) is 5.57 Å². The zero-order chi connectivity index (χ0) is 15.9. The minimum absolute atomic E-state index is 0.104. The Balaban J connectivity index is 1.96. The molecule has 2 heterocycles. The van der Waals surface area contributed by atoms with E-state index in [0.29, 0.717) is 18.1 Å². The number of nitrogens with zero attached hydrogens (tertiary/aromatic N) is 2.